The molecule has 1 rings (SSSR count). The van der Waals surface area contributed by atoms with Crippen molar-refractivity contribution >= 4 is 5.91 Å². The Balaban J connectivity index is 2.73. The highest BCUT2D eigenvalue weighted by Gasteiger charge is 2.10. The molecule has 1 aromatic carbocycles. The second kappa shape index (κ2) is 8.30. The molecule has 0 unspecified atom stereocenters. The summed E-state index contributed by atoms with van der Waals surface area (Å²) in [5.41, 5.74) is 1.81. The Morgan fingerprint density at radius 1 is 1.42 bits per heavy atom. The van der Waals surface area contributed by atoms with Crippen LogP contribution in [-0.4, -0.2) is 43.3 Å². The molecule has 0 saturated carbocycles. The van der Waals surface area contributed by atoms with E-state index in [9.17, 15) is 4.79 Å². The van der Waals surface area contributed by atoms with E-state index in [1.807, 2.05) is 24.3 Å². The van der Waals surface area contributed by atoms with E-state index >= 15 is 0 Å². The van der Waals surface area contributed by atoms with Crippen LogP contribution in [0.1, 0.15) is 17.5 Å². The van der Waals surface area contributed by atoms with Crippen molar-refractivity contribution in [2.45, 2.75) is 13.0 Å². The number of rotatable bonds is 5. The fourth-order valence-electron chi connectivity index (χ4n) is 1.64. The molecule has 1 aromatic rings. The van der Waals surface area contributed by atoms with Gasteiger partial charge < -0.3 is 14.7 Å². The van der Waals surface area contributed by atoms with Gasteiger partial charge in [0.1, 0.15) is 6.61 Å². The molecule has 1 N–H and O–H groups in total. The Bertz CT molecular complexity index is 474. The van der Waals surface area contributed by atoms with Crippen molar-refractivity contribution in [2.24, 2.45) is 0 Å². The average Bonchev–Trinajstić information content (AvgIpc) is 2.43. The largest absolute Gasteiger partial charge is 0.384 e. The van der Waals surface area contributed by atoms with Crippen molar-refractivity contribution in [3.8, 4) is 11.8 Å². The number of ether oxygens (including phenoxy) is 1. The van der Waals surface area contributed by atoms with Crippen molar-refractivity contribution in [3.05, 3.63) is 35.4 Å². The van der Waals surface area contributed by atoms with Gasteiger partial charge in [-0.15, -0.1) is 0 Å². The number of amides is 1. The molecule has 0 saturated heterocycles. The highest BCUT2D eigenvalue weighted by molar-refractivity contribution is 5.76. The zero-order valence-corrected chi connectivity index (χ0v) is 11.3. The summed E-state index contributed by atoms with van der Waals surface area (Å²) in [6.07, 6.45) is 0.373. The van der Waals surface area contributed by atoms with Crippen molar-refractivity contribution < 1.29 is 14.6 Å². The first-order chi connectivity index (χ1) is 9.19. The van der Waals surface area contributed by atoms with Crippen molar-refractivity contribution in [2.75, 3.05) is 27.4 Å². The third kappa shape index (κ3) is 5.12. The normalized spacial score (nSPS) is 9.63. The lowest BCUT2D eigenvalue weighted by Crippen LogP contribution is -2.27. The molecule has 0 fully saturated rings. The minimum Gasteiger partial charge on any atom is -0.384 e. The topological polar surface area (TPSA) is 49.8 Å². The standard InChI is InChI=1S/C15H19NO3/c1-16(15(18)9-11-19-2)12-14-7-4-3-6-13(14)8-5-10-17/h3-4,6-7,17H,9-12H2,1-2H3. The number of nitrogens with zero attached hydrogens (tertiary/aromatic N) is 1. The molecule has 19 heavy (non-hydrogen) atoms. The summed E-state index contributed by atoms with van der Waals surface area (Å²) in [6.45, 7) is 0.755. The number of carbonyl (C=O) groups excluding carboxylic acids is 1. The first-order valence-electron chi connectivity index (χ1n) is 6.09. The Hall–Kier alpha value is -1.83. The molecular formula is C15H19NO3. The lowest BCUT2D eigenvalue weighted by Gasteiger charge is -2.18. The molecule has 4 heteroatoms. The van der Waals surface area contributed by atoms with Crippen LogP contribution in [0.3, 0.4) is 0 Å². The molecular weight excluding hydrogens is 242 g/mol. The van der Waals surface area contributed by atoms with Crippen LogP contribution in [0.4, 0.5) is 0 Å². The number of hydrogen-bond donors (Lipinski definition) is 1. The summed E-state index contributed by atoms with van der Waals surface area (Å²) >= 11 is 0. The van der Waals surface area contributed by atoms with Gasteiger partial charge in [-0.3, -0.25) is 4.79 Å². The zero-order valence-electron chi connectivity index (χ0n) is 11.3. The molecule has 0 atom stereocenters. The van der Waals surface area contributed by atoms with E-state index in [4.69, 9.17) is 9.84 Å². The van der Waals surface area contributed by atoms with Crippen LogP contribution in [0.5, 0.6) is 0 Å². The van der Waals surface area contributed by atoms with Gasteiger partial charge in [0.15, 0.2) is 0 Å². The van der Waals surface area contributed by atoms with Crippen LogP contribution in [0.15, 0.2) is 24.3 Å². The Morgan fingerprint density at radius 2 is 2.16 bits per heavy atom. The third-order valence-electron chi connectivity index (χ3n) is 2.67. The van der Waals surface area contributed by atoms with Gasteiger partial charge in [-0.05, 0) is 11.6 Å². The SMILES string of the molecule is COCCC(=O)N(C)Cc1ccccc1C#CCO. The van der Waals surface area contributed by atoms with E-state index in [0.29, 0.717) is 19.6 Å². The Morgan fingerprint density at radius 3 is 2.84 bits per heavy atom. The molecule has 0 aliphatic carbocycles. The van der Waals surface area contributed by atoms with Gasteiger partial charge >= 0.3 is 0 Å². The number of benzene rings is 1. The molecule has 1 amide bonds. The van der Waals surface area contributed by atoms with Crippen molar-refractivity contribution in [1.82, 2.24) is 4.90 Å². The van der Waals surface area contributed by atoms with Crippen LogP contribution in [0, 0.1) is 11.8 Å². The molecule has 102 valence electrons. The fourth-order valence-corrected chi connectivity index (χ4v) is 1.64. The summed E-state index contributed by atoms with van der Waals surface area (Å²) in [5.74, 6) is 5.55. The van der Waals surface area contributed by atoms with Crippen LogP contribution in [-0.2, 0) is 16.1 Å². The Labute approximate surface area is 114 Å². The molecule has 0 radical (unpaired) electrons. The predicted molar refractivity (Wildman–Crippen MR) is 73.4 cm³/mol. The van der Waals surface area contributed by atoms with Gasteiger partial charge in [0.2, 0.25) is 5.91 Å². The van der Waals surface area contributed by atoms with Crippen molar-refractivity contribution in [1.29, 1.82) is 0 Å². The highest BCUT2D eigenvalue weighted by atomic mass is 16.5. The summed E-state index contributed by atoms with van der Waals surface area (Å²) in [4.78, 5) is 13.5. The lowest BCUT2D eigenvalue weighted by molar-refractivity contribution is -0.131. The number of aliphatic hydroxyl groups is 1. The van der Waals surface area contributed by atoms with E-state index in [1.54, 1.807) is 19.1 Å². The molecule has 0 aromatic heterocycles. The maximum atomic E-state index is 11.8. The smallest absolute Gasteiger partial charge is 0.224 e. The third-order valence-corrected chi connectivity index (χ3v) is 2.67. The fraction of sp³-hybridized carbons (Fsp3) is 0.400. The highest BCUT2D eigenvalue weighted by Crippen LogP contribution is 2.10. The van der Waals surface area contributed by atoms with E-state index in [0.717, 1.165) is 11.1 Å². The Kier molecular flexibility index (Phi) is 6.65. The molecule has 0 heterocycles. The second-order valence-electron chi connectivity index (χ2n) is 4.11. The van der Waals surface area contributed by atoms with Crippen molar-refractivity contribution in [3.63, 3.8) is 0 Å². The van der Waals surface area contributed by atoms with Gasteiger partial charge in [-0.25, -0.2) is 0 Å². The number of methoxy groups -OCH3 is 1. The molecule has 0 aliphatic rings. The molecule has 0 bridgehead atoms. The number of aliphatic hydroxyl groups excluding tert-OH is 1. The molecule has 4 nitrogen and oxygen atoms in total. The number of hydrogen-bond acceptors (Lipinski definition) is 3. The van der Waals surface area contributed by atoms with Gasteiger partial charge in [-0.1, -0.05) is 30.0 Å². The van der Waals surface area contributed by atoms with E-state index in [2.05, 4.69) is 11.8 Å². The van der Waals surface area contributed by atoms with Crippen LogP contribution in [0.2, 0.25) is 0 Å². The summed E-state index contributed by atoms with van der Waals surface area (Å²) < 4.78 is 4.89. The zero-order chi connectivity index (χ0) is 14.1. The summed E-state index contributed by atoms with van der Waals surface area (Å²) in [5, 5.41) is 8.73. The van der Waals surface area contributed by atoms with E-state index in [1.165, 1.54) is 0 Å². The summed E-state index contributed by atoms with van der Waals surface area (Å²) in [6, 6.07) is 7.61. The van der Waals surface area contributed by atoms with Crippen LogP contribution >= 0.6 is 0 Å². The summed E-state index contributed by atoms with van der Waals surface area (Å²) in [7, 11) is 3.33. The maximum Gasteiger partial charge on any atom is 0.224 e. The quantitative estimate of drug-likeness (QED) is 0.805. The first kappa shape index (κ1) is 15.2. The first-order valence-corrected chi connectivity index (χ1v) is 6.09. The predicted octanol–water partition coefficient (Wildman–Crippen LogP) is 1.03. The van der Waals surface area contributed by atoms with Gasteiger partial charge in [0.05, 0.1) is 13.0 Å². The number of carbonyl (C=O) groups is 1. The van der Waals surface area contributed by atoms with Gasteiger partial charge in [0, 0.05) is 26.3 Å². The van der Waals surface area contributed by atoms with Gasteiger partial charge in [-0.2, -0.15) is 0 Å². The van der Waals surface area contributed by atoms with Crippen LogP contribution < -0.4 is 0 Å². The molecule has 0 spiro atoms. The van der Waals surface area contributed by atoms with Crippen LogP contribution in [0.25, 0.3) is 0 Å². The second-order valence-corrected chi connectivity index (χ2v) is 4.11. The van der Waals surface area contributed by atoms with E-state index < -0.39 is 0 Å². The monoisotopic (exact) mass is 261 g/mol. The van der Waals surface area contributed by atoms with E-state index in [-0.39, 0.29) is 12.5 Å². The minimum atomic E-state index is -0.170. The van der Waals surface area contributed by atoms with Gasteiger partial charge in [0.25, 0.3) is 0 Å². The maximum absolute atomic E-state index is 11.8. The average molecular weight is 261 g/mol. The molecule has 0 aliphatic heterocycles. The lowest BCUT2D eigenvalue weighted by atomic mass is 10.1. The minimum absolute atomic E-state index is 0.0340.